The molecule has 0 radical (unpaired) electrons. The van der Waals surface area contributed by atoms with Crippen molar-refractivity contribution in [2.24, 2.45) is 34.5 Å². The van der Waals surface area contributed by atoms with Crippen molar-refractivity contribution in [3.05, 3.63) is 11.6 Å². The van der Waals surface area contributed by atoms with Crippen LogP contribution in [0.4, 0.5) is 0 Å². The maximum absolute atomic E-state index is 11.9. The highest BCUT2D eigenvalue weighted by Gasteiger charge is 2.63. The predicted molar refractivity (Wildman–Crippen MR) is 123 cm³/mol. The van der Waals surface area contributed by atoms with Crippen molar-refractivity contribution >= 4 is 5.91 Å². The van der Waals surface area contributed by atoms with Gasteiger partial charge in [0.25, 0.3) is 0 Å². The second-order valence-electron chi connectivity index (χ2n) is 11.7. The summed E-state index contributed by atoms with van der Waals surface area (Å²) < 4.78 is 0. The van der Waals surface area contributed by atoms with Crippen molar-refractivity contribution < 1.29 is 15.0 Å². The molecule has 3 fully saturated rings. The molecule has 2 N–H and O–H groups in total. The Morgan fingerprint density at radius 3 is 2.55 bits per heavy atom. The highest BCUT2D eigenvalue weighted by atomic mass is 16.3. The number of hydrogen-bond donors (Lipinski definition) is 2. The monoisotopic (exact) mass is 432 g/mol. The Morgan fingerprint density at radius 2 is 1.94 bits per heavy atom. The molecule has 0 aliphatic heterocycles. The Bertz CT molecular complexity index is 736. The molecule has 9 atom stereocenters. The summed E-state index contributed by atoms with van der Waals surface area (Å²) in [6.07, 6.45) is 9.45. The number of aliphatic hydroxyl groups excluding tert-OH is 2. The van der Waals surface area contributed by atoms with E-state index in [4.69, 9.17) is 0 Å². The third-order valence-corrected chi connectivity index (χ3v) is 10.6. The molecular formula is C26H44N2O3. The Kier molecular flexibility index (Phi) is 6.11. The fourth-order valence-electron chi connectivity index (χ4n) is 8.51. The first-order valence-electron chi connectivity index (χ1n) is 12.4. The van der Waals surface area contributed by atoms with Gasteiger partial charge in [-0.2, -0.15) is 0 Å². The lowest BCUT2D eigenvalue weighted by atomic mass is 9.46. The molecule has 0 unspecified atom stereocenters. The first-order valence-corrected chi connectivity index (χ1v) is 12.4. The van der Waals surface area contributed by atoms with Crippen molar-refractivity contribution in [2.75, 3.05) is 27.7 Å². The molecule has 4 aliphatic carbocycles. The topological polar surface area (TPSA) is 64.0 Å². The van der Waals surface area contributed by atoms with E-state index in [1.54, 1.807) is 12.5 Å². The van der Waals surface area contributed by atoms with E-state index in [-0.39, 0.29) is 41.4 Å². The van der Waals surface area contributed by atoms with Gasteiger partial charge in [-0.05, 0) is 89.1 Å². The van der Waals surface area contributed by atoms with E-state index in [0.717, 1.165) is 44.9 Å². The quantitative estimate of drug-likeness (QED) is 0.669. The summed E-state index contributed by atoms with van der Waals surface area (Å²) in [4.78, 5) is 16.1. The molecule has 31 heavy (non-hydrogen) atoms. The van der Waals surface area contributed by atoms with Gasteiger partial charge in [0.15, 0.2) is 0 Å². The molecule has 0 heterocycles. The Labute approximate surface area is 188 Å². The minimum atomic E-state index is -0.327. The van der Waals surface area contributed by atoms with E-state index in [1.165, 1.54) is 0 Å². The minimum absolute atomic E-state index is 0.136. The van der Waals surface area contributed by atoms with Gasteiger partial charge in [-0.25, -0.2) is 0 Å². The molecule has 0 bridgehead atoms. The van der Waals surface area contributed by atoms with Crippen molar-refractivity contribution in [3.63, 3.8) is 0 Å². The molecule has 4 aliphatic rings. The summed E-state index contributed by atoms with van der Waals surface area (Å²) in [7, 11) is 6.13. The highest BCUT2D eigenvalue weighted by Crippen LogP contribution is 2.66. The number of hydrogen-bond acceptors (Lipinski definition) is 4. The van der Waals surface area contributed by atoms with Crippen LogP contribution in [0.2, 0.25) is 0 Å². The van der Waals surface area contributed by atoms with Crippen molar-refractivity contribution in [1.29, 1.82) is 0 Å². The van der Waals surface area contributed by atoms with E-state index in [1.807, 2.05) is 11.9 Å². The summed E-state index contributed by atoms with van der Waals surface area (Å²) >= 11 is 0. The fraction of sp³-hybridized carbons (Fsp3) is 0.885. The summed E-state index contributed by atoms with van der Waals surface area (Å²) in [6, 6.07) is 0.582. The van der Waals surface area contributed by atoms with Gasteiger partial charge in [-0.1, -0.05) is 18.6 Å². The van der Waals surface area contributed by atoms with Crippen LogP contribution in [0.25, 0.3) is 0 Å². The number of carbonyl (C=O) groups excluding carboxylic acids is 1. The molecule has 5 heteroatoms. The lowest BCUT2D eigenvalue weighted by Gasteiger charge is -2.59. The zero-order chi connectivity index (χ0) is 22.7. The van der Waals surface area contributed by atoms with Crippen LogP contribution in [0, 0.1) is 34.5 Å². The van der Waals surface area contributed by atoms with Gasteiger partial charge in [-0.3, -0.25) is 4.79 Å². The number of aliphatic hydroxyl groups is 2. The van der Waals surface area contributed by atoms with E-state index in [2.05, 4.69) is 38.9 Å². The number of amides is 1. The molecular weight excluding hydrogens is 388 g/mol. The standard InChI is InChI=1S/C26H44N2O3/c1-16(27(4)5)24-23(31)14-22-20-8-7-18-13-19(28(6)17(2)30)9-11-25(18,3)21(20)10-12-26(22,24)15-29/h7,16,19-24,29,31H,8-15H2,1-6H3/t16-,19-,20+,21-,22-,23+,24-,25-,26+/m0/s1. The van der Waals surface area contributed by atoms with Crippen LogP contribution in [0.3, 0.4) is 0 Å². The lowest BCUT2D eigenvalue weighted by Crippen LogP contribution is -2.55. The molecule has 0 spiro atoms. The molecule has 0 saturated heterocycles. The van der Waals surface area contributed by atoms with Crippen molar-refractivity contribution in [1.82, 2.24) is 9.80 Å². The van der Waals surface area contributed by atoms with Gasteiger partial charge < -0.3 is 20.0 Å². The largest absolute Gasteiger partial charge is 0.396 e. The van der Waals surface area contributed by atoms with Crippen molar-refractivity contribution in [3.8, 4) is 0 Å². The predicted octanol–water partition coefficient (Wildman–Crippen LogP) is 3.31. The van der Waals surface area contributed by atoms with Crippen LogP contribution in [0.15, 0.2) is 11.6 Å². The number of rotatable bonds is 4. The lowest BCUT2D eigenvalue weighted by molar-refractivity contribution is -0.131. The Morgan fingerprint density at radius 1 is 1.23 bits per heavy atom. The molecule has 0 aromatic carbocycles. The average molecular weight is 433 g/mol. The first-order chi connectivity index (χ1) is 14.6. The fourth-order valence-corrected chi connectivity index (χ4v) is 8.51. The van der Waals surface area contributed by atoms with Gasteiger partial charge in [0.1, 0.15) is 0 Å². The van der Waals surface area contributed by atoms with Crippen LogP contribution >= 0.6 is 0 Å². The average Bonchev–Trinajstić information content (AvgIpc) is 3.04. The van der Waals surface area contributed by atoms with Crippen LogP contribution in [0.1, 0.15) is 65.7 Å². The minimum Gasteiger partial charge on any atom is -0.396 e. The number of carbonyl (C=O) groups is 1. The second-order valence-corrected chi connectivity index (χ2v) is 11.7. The zero-order valence-corrected chi connectivity index (χ0v) is 20.5. The molecule has 1 amide bonds. The molecule has 4 rings (SSSR count). The SMILES string of the molecule is CC(=O)N(C)[C@H]1CC[C@@]2(C)C(=CC[C@H]3[C@@H]4C[C@@H](O)[C@H]([C@H](C)N(C)C)[C@@]4(CO)CC[C@@H]32)C1. The third-order valence-electron chi connectivity index (χ3n) is 10.6. The number of allylic oxidation sites excluding steroid dienone is 1. The number of nitrogens with zero attached hydrogens (tertiary/aromatic N) is 2. The van der Waals surface area contributed by atoms with Gasteiger partial charge >= 0.3 is 0 Å². The van der Waals surface area contributed by atoms with Crippen LogP contribution in [-0.4, -0.2) is 71.9 Å². The zero-order valence-electron chi connectivity index (χ0n) is 20.5. The van der Waals surface area contributed by atoms with Gasteiger partial charge in [0.2, 0.25) is 5.91 Å². The van der Waals surface area contributed by atoms with E-state index >= 15 is 0 Å². The van der Waals surface area contributed by atoms with Crippen LogP contribution in [-0.2, 0) is 4.79 Å². The summed E-state index contributed by atoms with van der Waals surface area (Å²) in [5.41, 5.74) is 1.61. The second kappa shape index (κ2) is 8.14. The normalized spacial score (nSPS) is 45.4. The molecule has 0 aromatic heterocycles. The van der Waals surface area contributed by atoms with Crippen LogP contribution < -0.4 is 0 Å². The summed E-state index contributed by atoms with van der Waals surface area (Å²) in [6.45, 7) is 6.55. The maximum Gasteiger partial charge on any atom is 0.219 e. The first kappa shape index (κ1) is 23.3. The summed E-state index contributed by atoms with van der Waals surface area (Å²) in [5, 5.41) is 21.9. The number of fused-ring (bicyclic) bond motifs is 5. The van der Waals surface area contributed by atoms with Gasteiger partial charge in [0.05, 0.1) is 6.10 Å². The third kappa shape index (κ3) is 3.41. The highest BCUT2D eigenvalue weighted by molar-refractivity contribution is 5.73. The smallest absolute Gasteiger partial charge is 0.219 e. The molecule has 3 saturated carbocycles. The Hall–Kier alpha value is -0.910. The molecule has 0 aromatic rings. The Balaban J connectivity index is 1.62. The molecule has 176 valence electrons. The molecule has 5 nitrogen and oxygen atoms in total. The summed E-state index contributed by atoms with van der Waals surface area (Å²) in [5.74, 6) is 1.86. The van der Waals surface area contributed by atoms with Crippen molar-refractivity contribution in [2.45, 2.75) is 83.9 Å². The van der Waals surface area contributed by atoms with E-state index in [0.29, 0.717) is 23.8 Å². The maximum atomic E-state index is 11.9. The van der Waals surface area contributed by atoms with E-state index < -0.39 is 0 Å². The van der Waals surface area contributed by atoms with Gasteiger partial charge in [-0.15, -0.1) is 0 Å². The van der Waals surface area contributed by atoms with Crippen LogP contribution in [0.5, 0.6) is 0 Å². The van der Waals surface area contributed by atoms with E-state index in [9.17, 15) is 15.0 Å². The van der Waals surface area contributed by atoms with Gasteiger partial charge in [0, 0.05) is 44.0 Å².